The lowest BCUT2D eigenvalue weighted by Gasteiger charge is -2.11. The number of benzene rings is 2. The van der Waals surface area contributed by atoms with Crippen LogP contribution in [0.15, 0.2) is 36.4 Å². The molecule has 18 heavy (non-hydrogen) atoms. The quantitative estimate of drug-likeness (QED) is 0.918. The average molecular weight is 282 g/mol. The molecule has 0 aliphatic heterocycles. The zero-order valence-corrected chi connectivity index (χ0v) is 11.4. The molecule has 0 aromatic heterocycles. The van der Waals surface area contributed by atoms with E-state index >= 15 is 0 Å². The van der Waals surface area contributed by atoms with Gasteiger partial charge >= 0.3 is 0 Å². The zero-order valence-electron chi connectivity index (χ0n) is 9.91. The van der Waals surface area contributed by atoms with Gasteiger partial charge in [-0.05, 0) is 23.8 Å². The summed E-state index contributed by atoms with van der Waals surface area (Å²) in [5.41, 5.74) is 8.35. The van der Waals surface area contributed by atoms with Crippen molar-refractivity contribution < 1.29 is 4.74 Å². The minimum absolute atomic E-state index is 0.321. The predicted octanol–water partition coefficient (Wildman–Crippen LogP) is 4.13. The fraction of sp³-hybridized carbons (Fsp3) is 0.143. The maximum Gasteiger partial charge on any atom is 0.118 e. The molecule has 2 aromatic rings. The molecular formula is C14H13Cl2NO. The van der Waals surface area contributed by atoms with E-state index in [1.165, 1.54) is 0 Å². The van der Waals surface area contributed by atoms with E-state index in [4.69, 9.17) is 33.7 Å². The van der Waals surface area contributed by atoms with Gasteiger partial charge in [-0.1, -0.05) is 41.4 Å². The van der Waals surface area contributed by atoms with Gasteiger partial charge in [0.25, 0.3) is 0 Å². The molecular weight excluding hydrogens is 269 g/mol. The maximum absolute atomic E-state index is 6.33. The molecule has 0 aliphatic carbocycles. The summed E-state index contributed by atoms with van der Waals surface area (Å²) in [7, 11) is 1.64. The van der Waals surface area contributed by atoms with Gasteiger partial charge in [0.15, 0.2) is 0 Å². The van der Waals surface area contributed by atoms with Crippen LogP contribution in [0.1, 0.15) is 5.56 Å². The van der Waals surface area contributed by atoms with Crippen molar-refractivity contribution in [3.63, 3.8) is 0 Å². The van der Waals surface area contributed by atoms with Gasteiger partial charge in [-0.15, -0.1) is 0 Å². The molecule has 2 aromatic carbocycles. The van der Waals surface area contributed by atoms with E-state index in [2.05, 4.69) is 0 Å². The highest BCUT2D eigenvalue weighted by molar-refractivity contribution is 6.37. The lowest BCUT2D eigenvalue weighted by molar-refractivity contribution is 0.415. The first kappa shape index (κ1) is 13.2. The van der Waals surface area contributed by atoms with Crippen molar-refractivity contribution in [2.45, 2.75) is 6.54 Å². The maximum atomic E-state index is 6.33. The van der Waals surface area contributed by atoms with E-state index in [-0.39, 0.29) is 0 Å². The Balaban J connectivity index is 2.50. The number of hydrogen-bond donors (Lipinski definition) is 1. The molecule has 0 fully saturated rings. The number of halogens is 2. The first-order valence-electron chi connectivity index (χ1n) is 5.48. The molecule has 0 radical (unpaired) electrons. The van der Waals surface area contributed by atoms with Crippen LogP contribution in [0.5, 0.6) is 5.75 Å². The summed E-state index contributed by atoms with van der Waals surface area (Å²) in [6, 6.07) is 11.4. The summed E-state index contributed by atoms with van der Waals surface area (Å²) in [6.07, 6.45) is 0. The smallest absolute Gasteiger partial charge is 0.118 e. The monoisotopic (exact) mass is 281 g/mol. The predicted molar refractivity (Wildman–Crippen MR) is 76.3 cm³/mol. The van der Waals surface area contributed by atoms with Crippen LogP contribution in [0, 0.1) is 0 Å². The highest BCUT2D eigenvalue weighted by Crippen LogP contribution is 2.35. The van der Waals surface area contributed by atoms with Gasteiger partial charge in [0.05, 0.1) is 12.1 Å². The summed E-state index contributed by atoms with van der Waals surface area (Å²) in [4.78, 5) is 0. The Labute approximate surface area is 116 Å². The largest absolute Gasteiger partial charge is 0.497 e. The topological polar surface area (TPSA) is 35.2 Å². The Kier molecular flexibility index (Phi) is 4.12. The summed E-state index contributed by atoms with van der Waals surface area (Å²) in [5.74, 6) is 0.808. The van der Waals surface area contributed by atoms with Crippen molar-refractivity contribution >= 4 is 23.2 Å². The standard InChI is InChI=1S/C14H13Cl2NO/c1-18-10-4-2-9(3-5-10)11-6-7-13(15)12(8-17)14(11)16/h2-7H,8,17H2,1H3. The molecule has 0 saturated heterocycles. The normalized spacial score (nSPS) is 10.4. The molecule has 0 atom stereocenters. The third kappa shape index (κ3) is 2.46. The van der Waals surface area contributed by atoms with Crippen molar-refractivity contribution in [3.05, 3.63) is 52.0 Å². The molecule has 2 rings (SSSR count). The van der Waals surface area contributed by atoms with Gasteiger partial charge in [0.1, 0.15) is 5.75 Å². The molecule has 0 unspecified atom stereocenters. The van der Waals surface area contributed by atoms with E-state index < -0.39 is 0 Å². The van der Waals surface area contributed by atoms with Crippen molar-refractivity contribution in [1.82, 2.24) is 0 Å². The zero-order chi connectivity index (χ0) is 13.1. The molecule has 0 saturated carbocycles. The van der Waals surface area contributed by atoms with Crippen LogP contribution in [-0.2, 0) is 6.54 Å². The fourth-order valence-corrected chi connectivity index (χ4v) is 2.41. The number of nitrogens with two attached hydrogens (primary N) is 1. The highest BCUT2D eigenvalue weighted by atomic mass is 35.5. The second kappa shape index (κ2) is 5.61. The second-order valence-corrected chi connectivity index (χ2v) is 4.61. The molecule has 0 bridgehead atoms. The van der Waals surface area contributed by atoms with Crippen LogP contribution in [0.4, 0.5) is 0 Å². The summed E-state index contributed by atoms with van der Waals surface area (Å²) >= 11 is 12.4. The summed E-state index contributed by atoms with van der Waals surface area (Å²) in [5, 5.41) is 1.20. The first-order chi connectivity index (χ1) is 8.67. The van der Waals surface area contributed by atoms with Gasteiger partial charge < -0.3 is 10.5 Å². The van der Waals surface area contributed by atoms with Gasteiger partial charge in [0.2, 0.25) is 0 Å². The lowest BCUT2D eigenvalue weighted by atomic mass is 10.0. The van der Waals surface area contributed by atoms with Gasteiger partial charge in [-0.2, -0.15) is 0 Å². The van der Waals surface area contributed by atoms with Crippen LogP contribution in [0.3, 0.4) is 0 Å². The SMILES string of the molecule is COc1ccc(-c2ccc(Cl)c(CN)c2Cl)cc1. The van der Waals surface area contributed by atoms with Crippen molar-refractivity contribution in [2.24, 2.45) is 5.73 Å². The van der Waals surface area contributed by atoms with Crippen LogP contribution in [0.2, 0.25) is 10.0 Å². The second-order valence-electron chi connectivity index (χ2n) is 3.82. The first-order valence-corrected chi connectivity index (χ1v) is 6.24. The Morgan fingerprint density at radius 1 is 1.06 bits per heavy atom. The molecule has 94 valence electrons. The third-order valence-corrected chi connectivity index (χ3v) is 3.58. The van der Waals surface area contributed by atoms with Crippen LogP contribution in [0.25, 0.3) is 11.1 Å². The average Bonchev–Trinajstić information content (AvgIpc) is 2.40. The van der Waals surface area contributed by atoms with E-state index in [9.17, 15) is 0 Å². The fourth-order valence-electron chi connectivity index (χ4n) is 1.78. The molecule has 2 nitrogen and oxygen atoms in total. The number of methoxy groups -OCH3 is 1. The van der Waals surface area contributed by atoms with E-state index in [1.54, 1.807) is 7.11 Å². The molecule has 0 spiro atoms. The van der Waals surface area contributed by atoms with Crippen LogP contribution < -0.4 is 10.5 Å². The minimum atomic E-state index is 0.321. The lowest BCUT2D eigenvalue weighted by Crippen LogP contribution is -1.99. The summed E-state index contributed by atoms with van der Waals surface area (Å²) < 4.78 is 5.13. The highest BCUT2D eigenvalue weighted by Gasteiger charge is 2.10. The molecule has 0 aliphatic rings. The van der Waals surface area contributed by atoms with Crippen molar-refractivity contribution in [3.8, 4) is 16.9 Å². The third-order valence-electron chi connectivity index (χ3n) is 2.79. The number of rotatable bonds is 3. The summed E-state index contributed by atoms with van der Waals surface area (Å²) in [6.45, 7) is 0.321. The number of ether oxygens (including phenoxy) is 1. The Morgan fingerprint density at radius 2 is 1.72 bits per heavy atom. The molecule has 0 amide bonds. The van der Waals surface area contributed by atoms with Crippen LogP contribution in [-0.4, -0.2) is 7.11 Å². The van der Waals surface area contributed by atoms with E-state index in [0.717, 1.165) is 22.4 Å². The van der Waals surface area contributed by atoms with Crippen molar-refractivity contribution in [2.75, 3.05) is 7.11 Å². The molecule has 0 heterocycles. The molecule has 4 heteroatoms. The Bertz CT molecular complexity index is 552. The van der Waals surface area contributed by atoms with Gasteiger partial charge in [-0.3, -0.25) is 0 Å². The van der Waals surface area contributed by atoms with Crippen molar-refractivity contribution in [1.29, 1.82) is 0 Å². The Hall–Kier alpha value is -1.22. The Morgan fingerprint density at radius 3 is 2.28 bits per heavy atom. The van der Waals surface area contributed by atoms with Gasteiger partial charge in [0, 0.05) is 22.7 Å². The van der Waals surface area contributed by atoms with E-state index in [0.29, 0.717) is 16.6 Å². The van der Waals surface area contributed by atoms with Crippen LogP contribution >= 0.6 is 23.2 Å². The van der Waals surface area contributed by atoms with E-state index in [1.807, 2.05) is 36.4 Å². The van der Waals surface area contributed by atoms with Gasteiger partial charge in [-0.25, -0.2) is 0 Å². The molecule has 2 N–H and O–H groups in total. The minimum Gasteiger partial charge on any atom is -0.497 e. The number of hydrogen-bond acceptors (Lipinski definition) is 2.